The summed E-state index contributed by atoms with van der Waals surface area (Å²) in [6.45, 7) is 0. The molecule has 1 fully saturated rings. The molecule has 0 unspecified atom stereocenters. The van der Waals surface area contributed by atoms with E-state index in [0.29, 0.717) is 11.3 Å². The SMILES string of the molecule is O=C1NC(=S)N/C1=C\c1ccc(-c2cc(C(=O)O)cc(C(=O)O)c2)o1. The first-order valence-electron chi connectivity index (χ1n) is 6.89. The van der Waals surface area contributed by atoms with Crippen LogP contribution in [0.2, 0.25) is 0 Å². The number of carboxylic acids is 2. The van der Waals surface area contributed by atoms with E-state index in [0.717, 1.165) is 6.07 Å². The number of hydrogen-bond donors (Lipinski definition) is 4. The number of hydrogen-bond acceptors (Lipinski definition) is 5. The number of carbonyl (C=O) groups excluding carboxylic acids is 1. The van der Waals surface area contributed by atoms with E-state index in [1.807, 2.05) is 0 Å². The maximum atomic E-state index is 11.6. The fraction of sp³-hybridized carbons (Fsp3) is 0. The predicted molar refractivity (Wildman–Crippen MR) is 89.9 cm³/mol. The number of benzene rings is 1. The van der Waals surface area contributed by atoms with Crippen molar-refractivity contribution in [2.24, 2.45) is 0 Å². The minimum atomic E-state index is -1.25. The standard InChI is InChI=1S/C16H10N2O6S/c19-13-11(17-16(25)18-13)6-10-1-2-12(24-10)7-3-8(14(20)21)5-9(4-7)15(22)23/h1-6H,(H,20,21)(H,22,23)(H2,17,18,19,25)/b11-6-. The molecule has 0 radical (unpaired) electrons. The predicted octanol–water partition coefficient (Wildman–Crippen LogP) is 1.69. The average molecular weight is 358 g/mol. The van der Waals surface area contributed by atoms with E-state index >= 15 is 0 Å². The summed E-state index contributed by atoms with van der Waals surface area (Å²) in [5.74, 6) is -2.32. The normalized spacial score (nSPS) is 15.1. The van der Waals surface area contributed by atoms with Crippen LogP contribution in [0.1, 0.15) is 26.5 Å². The van der Waals surface area contributed by atoms with E-state index in [2.05, 4.69) is 10.6 Å². The molecule has 2 heterocycles. The number of aromatic carboxylic acids is 2. The van der Waals surface area contributed by atoms with Crippen LogP contribution in [-0.2, 0) is 4.79 Å². The van der Waals surface area contributed by atoms with Gasteiger partial charge in [0.2, 0.25) is 0 Å². The molecular weight excluding hydrogens is 348 g/mol. The van der Waals surface area contributed by atoms with Gasteiger partial charge >= 0.3 is 11.9 Å². The first-order valence-corrected chi connectivity index (χ1v) is 7.30. The zero-order valence-electron chi connectivity index (χ0n) is 12.4. The lowest BCUT2D eigenvalue weighted by molar-refractivity contribution is -0.115. The van der Waals surface area contributed by atoms with E-state index in [1.165, 1.54) is 18.2 Å². The molecule has 0 aliphatic carbocycles. The van der Waals surface area contributed by atoms with Gasteiger partial charge in [-0.2, -0.15) is 0 Å². The summed E-state index contributed by atoms with van der Waals surface area (Å²) in [6.07, 6.45) is 1.43. The third kappa shape index (κ3) is 3.40. The van der Waals surface area contributed by atoms with E-state index in [4.69, 9.17) is 26.8 Å². The van der Waals surface area contributed by atoms with E-state index < -0.39 is 17.8 Å². The molecule has 3 rings (SSSR count). The molecule has 1 aliphatic heterocycles. The third-order valence-electron chi connectivity index (χ3n) is 3.34. The first kappa shape index (κ1) is 16.4. The van der Waals surface area contributed by atoms with Crippen LogP contribution in [0.25, 0.3) is 17.4 Å². The molecule has 0 bridgehead atoms. The van der Waals surface area contributed by atoms with Crippen molar-refractivity contribution in [1.82, 2.24) is 10.6 Å². The summed E-state index contributed by atoms with van der Waals surface area (Å²) in [4.78, 5) is 33.9. The van der Waals surface area contributed by atoms with Crippen molar-refractivity contribution in [3.05, 3.63) is 52.9 Å². The summed E-state index contributed by atoms with van der Waals surface area (Å²) in [7, 11) is 0. The molecule has 0 atom stereocenters. The molecule has 25 heavy (non-hydrogen) atoms. The highest BCUT2D eigenvalue weighted by Gasteiger charge is 2.21. The molecule has 1 aliphatic rings. The zero-order valence-corrected chi connectivity index (χ0v) is 13.2. The van der Waals surface area contributed by atoms with Crippen molar-refractivity contribution in [2.45, 2.75) is 0 Å². The van der Waals surface area contributed by atoms with Gasteiger partial charge in [0.1, 0.15) is 17.2 Å². The Hall–Kier alpha value is -3.46. The fourth-order valence-electron chi connectivity index (χ4n) is 2.23. The van der Waals surface area contributed by atoms with Crippen LogP contribution >= 0.6 is 12.2 Å². The Bertz CT molecular complexity index is 927. The summed E-state index contributed by atoms with van der Waals surface area (Å²) in [5.41, 5.74) is 0.152. The van der Waals surface area contributed by atoms with Crippen LogP contribution in [0.5, 0.6) is 0 Å². The quantitative estimate of drug-likeness (QED) is 0.480. The van der Waals surface area contributed by atoms with Crippen molar-refractivity contribution < 1.29 is 29.0 Å². The maximum Gasteiger partial charge on any atom is 0.335 e. The van der Waals surface area contributed by atoms with Gasteiger partial charge in [0, 0.05) is 11.6 Å². The van der Waals surface area contributed by atoms with E-state index in [9.17, 15) is 14.4 Å². The molecule has 126 valence electrons. The van der Waals surface area contributed by atoms with Crippen LogP contribution in [0.4, 0.5) is 0 Å². The number of rotatable bonds is 4. The minimum Gasteiger partial charge on any atom is -0.478 e. The summed E-state index contributed by atoms with van der Waals surface area (Å²) in [6, 6.07) is 6.78. The summed E-state index contributed by atoms with van der Waals surface area (Å²) < 4.78 is 5.56. The lowest BCUT2D eigenvalue weighted by Gasteiger charge is -2.03. The van der Waals surface area contributed by atoms with Gasteiger partial charge in [0.15, 0.2) is 5.11 Å². The molecule has 1 aromatic carbocycles. The minimum absolute atomic E-state index is 0.173. The highest BCUT2D eigenvalue weighted by molar-refractivity contribution is 7.80. The fourth-order valence-corrected chi connectivity index (χ4v) is 2.43. The Labute approximate surface area is 145 Å². The van der Waals surface area contributed by atoms with Gasteiger partial charge in [-0.3, -0.25) is 10.1 Å². The Balaban J connectivity index is 1.98. The van der Waals surface area contributed by atoms with Crippen molar-refractivity contribution in [3.8, 4) is 11.3 Å². The number of furan rings is 1. The zero-order chi connectivity index (χ0) is 18.1. The smallest absolute Gasteiger partial charge is 0.335 e. The molecule has 1 aromatic heterocycles. The van der Waals surface area contributed by atoms with Crippen LogP contribution in [-0.4, -0.2) is 33.2 Å². The van der Waals surface area contributed by atoms with Gasteiger partial charge in [-0.1, -0.05) is 0 Å². The molecule has 8 nitrogen and oxygen atoms in total. The number of carboxylic acid groups (broad SMARTS) is 2. The number of carbonyl (C=O) groups is 3. The molecule has 1 amide bonds. The van der Waals surface area contributed by atoms with Gasteiger partial charge in [0.05, 0.1) is 11.1 Å². The lowest BCUT2D eigenvalue weighted by atomic mass is 10.0. The number of nitrogens with one attached hydrogen (secondary N) is 2. The Morgan fingerprint density at radius 3 is 2.20 bits per heavy atom. The summed E-state index contributed by atoms with van der Waals surface area (Å²) >= 11 is 4.82. The molecule has 0 saturated carbocycles. The largest absolute Gasteiger partial charge is 0.478 e. The van der Waals surface area contributed by atoms with Crippen LogP contribution in [0.3, 0.4) is 0 Å². The number of thiocarbonyl (C=S) groups is 1. The van der Waals surface area contributed by atoms with Crippen molar-refractivity contribution >= 4 is 41.3 Å². The second-order valence-electron chi connectivity index (χ2n) is 5.08. The van der Waals surface area contributed by atoms with E-state index in [-0.39, 0.29) is 27.7 Å². The van der Waals surface area contributed by atoms with Crippen molar-refractivity contribution in [3.63, 3.8) is 0 Å². The van der Waals surface area contributed by atoms with Gasteiger partial charge in [0.25, 0.3) is 5.91 Å². The topological polar surface area (TPSA) is 129 Å². The Morgan fingerprint density at radius 1 is 1.04 bits per heavy atom. The Kier molecular flexibility index (Phi) is 4.07. The van der Waals surface area contributed by atoms with Crippen LogP contribution < -0.4 is 10.6 Å². The number of amides is 1. The highest BCUT2D eigenvalue weighted by atomic mass is 32.1. The average Bonchev–Trinajstić information content (AvgIpc) is 3.14. The monoisotopic (exact) mass is 358 g/mol. The molecule has 4 N–H and O–H groups in total. The maximum absolute atomic E-state index is 11.6. The summed E-state index contributed by atoms with van der Waals surface area (Å²) in [5, 5.41) is 23.5. The van der Waals surface area contributed by atoms with Gasteiger partial charge < -0.3 is 19.9 Å². The van der Waals surface area contributed by atoms with Crippen LogP contribution in [0, 0.1) is 0 Å². The Morgan fingerprint density at radius 2 is 1.68 bits per heavy atom. The highest BCUT2D eigenvalue weighted by Crippen LogP contribution is 2.26. The van der Waals surface area contributed by atoms with Crippen LogP contribution in [0.15, 0.2) is 40.4 Å². The third-order valence-corrected chi connectivity index (χ3v) is 3.55. The second kappa shape index (κ2) is 6.21. The molecule has 2 aromatic rings. The van der Waals surface area contributed by atoms with Gasteiger partial charge in [-0.15, -0.1) is 0 Å². The van der Waals surface area contributed by atoms with Crippen molar-refractivity contribution in [1.29, 1.82) is 0 Å². The van der Waals surface area contributed by atoms with Gasteiger partial charge in [-0.05, 0) is 42.5 Å². The molecule has 0 spiro atoms. The molecule has 9 heteroatoms. The lowest BCUT2D eigenvalue weighted by Crippen LogP contribution is -2.21. The van der Waals surface area contributed by atoms with Gasteiger partial charge in [-0.25, -0.2) is 9.59 Å². The first-order chi connectivity index (χ1) is 11.8. The second-order valence-corrected chi connectivity index (χ2v) is 5.49. The van der Waals surface area contributed by atoms with E-state index in [1.54, 1.807) is 12.1 Å². The molecular formula is C16H10N2O6S. The van der Waals surface area contributed by atoms with Crippen molar-refractivity contribution in [2.75, 3.05) is 0 Å². The molecule has 1 saturated heterocycles.